The normalized spacial score (nSPS) is 13.3. The summed E-state index contributed by atoms with van der Waals surface area (Å²) >= 11 is 0. The van der Waals surface area contributed by atoms with Crippen LogP contribution in [0, 0.1) is 13.8 Å². The van der Waals surface area contributed by atoms with Crippen molar-refractivity contribution in [1.82, 2.24) is 0 Å². The van der Waals surface area contributed by atoms with Gasteiger partial charge in [-0.15, -0.1) is 0 Å². The van der Waals surface area contributed by atoms with Gasteiger partial charge in [0.15, 0.2) is 0 Å². The molecule has 0 saturated carbocycles. The van der Waals surface area contributed by atoms with Crippen LogP contribution in [-0.4, -0.2) is 6.79 Å². The minimum atomic E-state index is 0.500. The van der Waals surface area contributed by atoms with Crippen LogP contribution in [0.5, 0.6) is 0 Å². The van der Waals surface area contributed by atoms with Crippen LogP contribution in [0.1, 0.15) is 11.1 Å². The summed E-state index contributed by atoms with van der Waals surface area (Å²) in [6, 6.07) is 8.48. The van der Waals surface area contributed by atoms with Gasteiger partial charge in [0, 0.05) is 0 Å². The highest BCUT2D eigenvalue weighted by Crippen LogP contribution is 1.99. The van der Waals surface area contributed by atoms with Gasteiger partial charge in [-0.05, 0) is 13.8 Å². The van der Waals surface area contributed by atoms with Gasteiger partial charge in [-0.25, -0.2) is 9.78 Å². The molecule has 0 amide bonds. The molecule has 11 heavy (non-hydrogen) atoms. The Hall–Kier alpha value is -0.860. The van der Waals surface area contributed by atoms with Crippen LogP contribution >= 0.6 is 0 Å². The van der Waals surface area contributed by atoms with Gasteiger partial charge in [0.2, 0.25) is 6.79 Å². The van der Waals surface area contributed by atoms with E-state index in [2.05, 4.69) is 47.9 Å². The second-order valence-corrected chi connectivity index (χ2v) is 2.51. The highest BCUT2D eigenvalue weighted by atomic mass is 17.4. The third-order valence-electron chi connectivity index (χ3n) is 1.34. The molecule has 0 N–H and O–H groups in total. The van der Waals surface area contributed by atoms with Gasteiger partial charge >= 0.3 is 0 Å². The number of benzene rings is 1. The molecule has 1 aromatic rings. The molecule has 1 heterocycles. The van der Waals surface area contributed by atoms with E-state index in [-0.39, 0.29) is 0 Å². The number of hydrogen-bond donors (Lipinski definition) is 0. The minimum absolute atomic E-state index is 0.500. The van der Waals surface area contributed by atoms with E-state index in [1.54, 1.807) is 0 Å². The molecule has 60 valence electrons. The molecule has 1 aromatic carbocycles. The van der Waals surface area contributed by atoms with Crippen molar-refractivity contribution in [3.63, 3.8) is 0 Å². The molecule has 1 fully saturated rings. The zero-order valence-corrected chi connectivity index (χ0v) is 6.83. The molecule has 0 radical (unpaired) electrons. The zero-order chi connectivity index (χ0) is 8.10. The molecule has 2 rings (SSSR count). The fourth-order valence-corrected chi connectivity index (χ4v) is 0.637. The Kier molecular flexibility index (Phi) is 3.08. The maximum atomic E-state index is 4.00. The van der Waals surface area contributed by atoms with Crippen LogP contribution in [0.2, 0.25) is 0 Å². The first-order valence-corrected chi connectivity index (χ1v) is 3.57. The standard InChI is InChI=1S/C8H10.CH2O2/c1-7-3-5-8(2)6-4-7;1-2-3-1/h3-6H,1-2H3;1H2. The minimum Gasteiger partial charge on any atom is -0.202 e. The zero-order valence-electron chi connectivity index (χ0n) is 6.83. The van der Waals surface area contributed by atoms with E-state index < -0.39 is 0 Å². The van der Waals surface area contributed by atoms with Crippen molar-refractivity contribution in [3.8, 4) is 0 Å². The van der Waals surface area contributed by atoms with E-state index in [0.29, 0.717) is 6.79 Å². The topological polar surface area (TPSA) is 25.1 Å². The average molecular weight is 152 g/mol. The lowest BCUT2D eigenvalue weighted by molar-refractivity contribution is 0.0850. The van der Waals surface area contributed by atoms with Crippen molar-refractivity contribution in [3.05, 3.63) is 35.4 Å². The maximum Gasteiger partial charge on any atom is 0.214 e. The molecule has 2 heteroatoms. The van der Waals surface area contributed by atoms with E-state index in [1.165, 1.54) is 11.1 Å². The SMILES string of the molecule is C1OO1.Cc1ccc(C)cc1. The van der Waals surface area contributed by atoms with Crippen molar-refractivity contribution < 1.29 is 9.78 Å². The fraction of sp³-hybridized carbons (Fsp3) is 0.333. The Morgan fingerprint density at radius 2 is 1.18 bits per heavy atom. The second kappa shape index (κ2) is 4.11. The van der Waals surface area contributed by atoms with E-state index in [1.807, 2.05) is 0 Å². The van der Waals surface area contributed by atoms with E-state index in [9.17, 15) is 0 Å². The molecule has 0 atom stereocenters. The maximum absolute atomic E-state index is 4.00. The number of hydrogen-bond acceptors (Lipinski definition) is 2. The summed E-state index contributed by atoms with van der Waals surface area (Å²) in [6.07, 6.45) is 0. The molecule has 0 aromatic heterocycles. The van der Waals surface area contributed by atoms with Crippen molar-refractivity contribution in [2.45, 2.75) is 13.8 Å². The molecule has 0 aliphatic carbocycles. The van der Waals surface area contributed by atoms with Crippen LogP contribution in [0.15, 0.2) is 24.3 Å². The van der Waals surface area contributed by atoms with Crippen LogP contribution in [0.3, 0.4) is 0 Å². The Bertz CT molecular complexity index is 178. The molecular weight excluding hydrogens is 140 g/mol. The van der Waals surface area contributed by atoms with Crippen LogP contribution in [0.4, 0.5) is 0 Å². The summed E-state index contributed by atoms with van der Waals surface area (Å²) in [7, 11) is 0. The molecule has 2 nitrogen and oxygen atoms in total. The Balaban J connectivity index is 0.000000167. The lowest BCUT2D eigenvalue weighted by atomic mass is 10.2. The van der Waals surface area contributed by atoms with E-state index >= 15 is 0 Å². The van der Waals surface area contributed by atoms with Gasteiger partial charge in [-0.3, -0.25) is 0 Å². The first-order chi connectivity index (χ1) is 5.29. The third kappa shape index (κ3) is 4.53. The van der Waals surface area contributed by atoms with Crippen molar-refractivity contribution in [2.24, 2.45) is 0 Å². The van der Waals surface area contributed by atoms with Gasteiger partial charge in [0.1, 0.15) is 0 Å². The Morgan fingerprint density at radius 3 is 1.36 bits per heavy atom. The van der Waals surface area contributed by atoms with E-state index in [4.69, 9.17) is 0 Å². The summed E-state index contributed by atoms with van der Waals surface area (Å²) in [6.45, 7) is 4.69. The quantitative estimate of drug-likeness (QED) is 0.420. The predicted molar refractivity (Wildman–Crippen MR) is 43.0 cm³/mol. The Morgan fingerprint density at radius 1 is 0.909 bits per heavy atom. The Labute approximate surface area is 66.7 Å². The van der Waals surface area contributed by atoms with Gasteiger partial charge in [0.05, 0.1) is 0 Å². The molecule has 1 aliphatic heterocycles. The molecule has 0 bridgehead atoms. The van der Waals surface area contributed by atoms with E-state index in [0.717, 1.165) is 0 Å². The number of rotatable bonds is 0. The lowest BCUT2D eigenvalue weighted by Gasteiger charge is -1.90. The first kappa shape index (κ1) is 8.24. The summed E-state index contributed by atoms with van der Waals surface area (Å²) in [5, 5.41) is 0. The molecule has 0 spiro atoms. The van der Waals surface area contributed by atoms with Crippen molar-refractivity contribution in [1.29, 1.82) is 0 Å². The van der Waals surface area contributed by atoms with Crippen molar-refractivity contribution >= 4 is 0 Å². The second-order valence-electron chi connectivity index (χ2n) is 2.51. The largest absolute Gasteiger partial charge is 0.214 e. The van der Waals surface area contributed by atoms with Crippen LogP contribution in [0.25, 0.3) is 0 Å². The smallest absolute Gasteiger partial charge is 0.202 e. The molecule has 1 aliphatic rings. The fourth-order valence-electron chi connectivity index (χ4n) is 0.637. The van der Waals surface area contributed by atoms with Crippen LogP contribution < -0.4 is 0 Å². The third-order valence-corrected chi connectivity index (χ3v) is 1.34. The van der Waals surface area contributed by atoms with Gasteiger partial charge in [-0.2, -0.15) is 0 Å². The molecule has 0 unspecified atom stereocenters. The number of aryl methyl sites for hydroxylation is 2. The van der Waals surface area contributed by atoms with Crippen molar-refractivity contribution in [2.75, 3.05) is 6.79 Å². The highest BCUT2D eigenvalue weighted by molar-refractivity contribution is 5.19. The summed E-state index contributed by atoms with van der Waals surface area (Å²) in [4.78, 5) is 8.00. The van der Waals surface area contributed by atoms with Gasteiger partial charge in [0.25, 0.3) is 0 Å². The average Bonchev–Trinajstić information content (AvgIpc) is 2.80. The summed E-state index contributed by atoms with van der Waals surface area (Å²) in [5.41, 5.74) is 2.66. The predicted octanol–water partition coefficient (Wildman–Crippen LogP) is 2.21. The summed E-state index contributed by atoms with van der Waals surface area (Å²) in [5.74, 6) is 0. The highest BCUT2D eigenvalue weighted by Gasteiger charge is 1.95. The van der Waals surface area contributed by atoms with Crippen LogP contribution in [-0.2, 0) is 9.78 Å². The first-order valence-electron chi connectivity index (χ1n) is 3.57. The molecular formula is C9H12O2. The molecule has 1 saturated heterocycles. The van der Waals surface area contributed by atoms with Gasteiger partial charge < -0.3 is 0 Å². The summed E-state index contributed by atoms with van der Waals surface area (Å²) < 4.78 is 0. The lowest BCUT2D eigenvalue weighted by Crippen LogP contribution is -1.70. The monoisotopic (exact) mass is 152 g/mol. The van der Waals surface area contributed by atoms with Gasteiger partial charge in [-0.1, -0.05) is 35.4 Å².